The summed E-state index contributed by atoms with van der Waals surface area (Å²) in [5.41, 5.74) is 8.52. The van der Waals surface area contributed by atoms with Crippen LogP contribution in [-0.4, -0.2) is 0 Å². The highest BCUT2D eigenvalue weighted by Gasteiger charge is 2.30. The van der Waals surface area contributed by atoms with Gasteiger partial charge in [0.2, 0.25) is 0 Å². The molecule has 0 aromatic heterocycles. The van der Waals surface area contributed by atoms with Crippen LogP contribution in [0, 0.1) is 5.82 Å². The van der Waals surface area contributed by atoms with Gasteiger partial charge in [0.05, 0.1) is 11.6 Å². The number of nitrogens with two attached hydrogens (primary N) is 2. The summed E-state index contributed by atoms with van der Waals surface area (Å²) in [5, 5.41) is 0. The Bertz CT molecular complexity index is 623. The maximum Gasteiger partial charge on any atom is 0.416 e. The van der Waals surface area contributed by atoms with Crippen molar-refractivity contribution in [3.05, 3.63) is 65.0 Å². The Balaban J connectivity index is 2.40. The van der Waals surface area contributed by atoms with Crippen LogP contribution in [0.5, 0.6) is 0 Å². The first kappa shape index (κ1) is 15.3. The average molecular weight is 299 g/mol. The Hall–Kier alpha value is -2.12. The maximum absolute atomic E-state index is 13.3. The summed E-state index contributed by atoms with van der Waals surface area (Å²) in [6, 6.07) is 7.48. The van der Waals surface area contributed by atoms with Gasteiger partial charge in [0.15, 0.2) is 0 Å². The van der Waals surface area contributed by atoms with Crippen molar-refractivity contribution >= 4 is 5.69 Å². The summed E-state index contributed by atoms with van der Waals surface area (Å²) in [7, 11) is 0. The predicted molar refractivity (Wildman–Crippen MR) is 71.4 cm³/mol. The molecule has 0 saturated heterocycles. The molecule has 0 saturated carbocycles. The second kappa shape index (κ2) is 5.71. The molecule has 2 aromatic rings. The highest BCUT2D eigenvalue weighted by atomic mass is 19.4. The van der Waals surface area contributed by atoms with Gasteiger partial charge in [-0.25, -0.2) is 9.82 Å². The number of hydrogen-bond acceptors (Lipinski definition) is 3. The average Bonchev–Trinajstić information content (AvgIpc) is 2.43. The number of hydrazine groups is 1. The van der Waals surface area contributed by atoms with Crippen LogP contribution in [0.15, 0.2) is 42.5 Å². The fraction of sp³-hybridized carbons (Fsp3) is 0.143. The molecule has 0 amide bonds. The van der Waals surface area contributed by atoms with Crippen LogP contribution in [0.3, 0.4) is 0 Å². The molecule has 1 atom stereocenters. The summed E-state index contributed by atoms with van der Waals surface area (Å²) in [6.45, 7) is 0. The third kappa shape index (κ3) is 3.32. The molecule has 0 fully saturated rings. The molecule has 0 bridgehead atoms. The molecule has 112 valence electrons. The van der Waals surface area contributed by atoms with E-state index < -0.39 is 23.6 Å². The largest absolute Gasteiger partial charge is 0.416 e. The lowest BCUT2D eigenvalue weighted by molar-refractivity contribution is -0.137. The molecule has 0 heterocycles. The zero-order valence-electron chi connectivity index (χ0n) is 10.8. The van der Waals surface area contributed by atoms with E-state index in [-0.39, 0.29) is 0 Å². The summed E-state index contributed by atoms with van der Waals surface area (Å²) in [6.07, 6.45) is -4.41. The minimum Gasteiger partial charge on any atom is -0.398 e. The van der Waals surface area contributed by atoms with Crippen LogP contribution < -0.4 is 17.0 Å². The van der Waals surface area contributed by atoms with E-state index in [1.54, 1.807) is 0 Å². The van der Waals surface area contributed by atoms with Gasteiger partial charge in [-0.05, 0) is 35.9 Å². The molecule has 0 radical (unpaired) electrons. The van der Waals surface area contributed by atoms with Gasteiger partial charge in [-0.1, -0.05) is 12.1 Å². The Morgan fingerprint density at radius 2 is 1.62 bits per heavy atom. The fourth-order valence-electron chi connectivity index (χ4n) is 2.03. The molecule has 2 rings (SSSR count). The van der Waals surface area contributed by atoms with E-state index in [1.807, 2.05) is 0 Å². The number of halogens is 4. The van der Waals surface area contributed by atoms with Gasteiger partial charge < -0.3 is 5.73 Å². The first-order chi connectivity index (χ1) is 9.82. The van der Waals surface area contributed by atoms with Crippen molar-refractivity contribution in [2.45, 2.75) is 12.2 Å². The fourth-order valence-corrected chi connectivity index (χ4v) is 2.03. The van der Waals surface area contributed by atoms with Crippen LogP contribution in [0.4, 0.5) is 23.2 Å². The standard InChI is InChI=1S/C14H13F4N3/c15-10-5-6-12(19)11(7-10)13(21-20)8-1-3-9(4-2-8)14(16,17)18/h1-7,13,21H,19-20H2. The summed E-state index contributed by atoms with van der Waals surface area (Å²) in [5.74, 6) is 4.92. The monoisotopic (exact) mass is 299 g/mol. The van der Waals surface area contributed by atoms with Gasteiger partial charge in [0, 0.05) is 11.3 Å². The van der Waals surface area contributed by atoms with Gasteiger partial charge >= 0.3 is 6.18 Å². The van der Waals surface area contributed by atoms with Crippen molar-refractivity contribution in [3.8, 4) is 0 Å². The van der Waals surface area contributed by atoms with Gasteiger partial charge in [-0.15, -0.1) is 0 Å². The van der Waals surface area contributed by atoms with Crippen LogP contribution in [0.25, 0.3) is 0 Å². The van der Waals surface area contributed by atoms with Crippen molar-refractivity contribution in [3.63, 3.8) is 0 Å². The van der Waals surface area contributed by atoms with Crippen LogP contribution in [0.1, 0.15) is 22.7 Å². The first-order valence-corrected chi connectivity index (χ1v) is 6.01. The summed E-state index contributed by atoms with van der Waals surface area (Å²) in [4.78, 5) is 0. The van der Waals surface area contributed by atoms with Gasteiger partial charge in [0.25, 0.3) is 0 Å². The summed E-state index contributed by atoms with van der Waals surface area (Å²) >= 11 is 0. The Kier molecular flexibility index (Phi) is 4.15. The molecular formula is C14H13F4N3. The molecule has 2 aromatic carbocycles. The smallest absolute Gasteiger partial charge is 0.398 e. The van der Waals surface area contributed by atoms with Crippen molar-refractivity contribution in [2.75, 3.05) is 5.73 Å². The molecular weight excluding hydrogens is 286 g/mol. The number of nitrogens with one attached hydrogen (secondary N) is 1. The topological polar surface area (TPSA) is 64.1 Å². The highest BCUT2D eigenvalue weighted by molar-refractivity contribution is 5.51. The molecule has 5 N–H and O–H groups in total. The lowest BCUT2D eigenvalue weighted by atomic mass is 9.96. The number of anilines is 1. The van der Waals surface area contributed by atoms with Crippen molar-refractivity contribution in [1.82, 2.24) is 5.43 Å². The van der Waals surface area contributed by atoms with E-state index in [0.717, 1.165) is 12.1 Å². The normalized spacial score (nSPS) is 13.2. The number of hydrogen-bond donors (Lipinski definition) is 3. The molecule has 7 heteroatoms. The van der Waals surface area contributed by atoms with Gasteiger partial charge in [-0.2, -0.15) is 13.2 Å². The van der Waals surface area contributed by atoms with Crippen LogP contribution in [0.2, 0.25) is 0 Å². The summed E-state index contributed by atoms with van der Waals surface area (Å²) < 4.78 is 50.9. The molecule has 21 heavy (non-hydrogen) atoms. The zero-order valence-corrected chi connectivity index (χ0v) is 10.8. The molecule has 0 aliphatic heterocycles. The third-order valence-corrected chi connectivity index (χ3v) is 3.10. The van der Waals surface area contributed by atoms with E-state index in [0.29, 0.717) is 16.8 Å². The quantitative estimate of drug-likeness (QED) is 0.353. The first-order valence-electron chi connectivity index (χ1n) is 6.01. The van der Waals surface area contributed by atoms with E-state index in [1.165, 1.54) is 30.3 Å². The van der Waals surface area contributed by atoms with Crippen LogP contribution in [-0.2, 0) is 6.18 Å². The van der Waals surface area contributed by atoms with Crippen LogP contribution >= 0.6 is 0 Å². The lowest BCUT2D eigenvalue weighted by Crippen LogP contribution is -2.29. The van der Waals surface area contributed by atoms with E-state index in [9.17, 15) is 17.6 Å². The number of alkyl halides is 3. The third-order valence-electron chi connectivity index (χ3n) is 3.10. The van der Waals surface area contributed by atoms with Crippen molar-refractivity contribution in [2.24, 2.45) is 5.84 Å². The van der Waals surface area contributed by atoms with E-state index in [2.05, 4.69) is 5.43 Å². The number of benzene rings is 2. The van der Waals surface area contributed by atoms with Gasteiger partial charge in [0.1, 0.15) is 5.82 Å². The zero-order chi connectivity index (χ0) is 15.6. The van der Waals surface area contributed by atoms with E-state index >= 15 is 0 Å². The Morgan fingerprint density at radius 1 is 1.00 bits per heavy atom. The molecule has 3 nitrogen and oxygen atoms in total. The minimum absolute atomic E-state index is 0.291. The molecule has 0 spiro atoms. The molecule has 1 unspecified atom stereocenters. The highest BCUT2D eigenvalue weighted by Crippen LogP contribution is 2.32. The lowest BCUT2D eigenvalue weighted by Gasteiger charge is -2.19. The Morgan fingerprint density at radius 3 is 2.14 bits per heavy atom. The number of nitrogen functional groups attached to an aromatic ring is 1. The maximum atomic E-state index is 13.3. The molecule has 0 aliphatic rings. The van der Waals surface area contributed by atoms with Crippen molar-refractivity contribution < 1.29 is 17.6 Å². The van der Waals surface area contributed by atoms with Gasteiger partial charge in [-0.3, -0.25) is 5.84 Å². The number of rotatable bonds is 3. The van der Waals surface area contributed by atoms with Crippen molar-refractivity contribution in [1.29, 1.82) is 0 Å². The minimum atomic E-state index is -4.41. The molecule has 0 aliphatic carbocycles. The second-order valence-corrected chi connectivity index (χ2v) is 4.49. The second-order valence-electron chi connectivity index (χ2n) is 4.49. The van der Waals surface area contributed by atoms with E-state index in [4.69, 9.17) is 11.6 Å². The Labute approximate surface area is 118 Å². The predicted octanol–water partition coefficient (Wildman–Crippen LogP) is 2.98. The SMILES string of the molecule is NNC(c1ccc(C(F)(F)F)cc1)c1cc(F)ccc1N.